The monoisotopic (exact) mass is 379 g/mol. The van der Waals surface area contributed by atoms with Crippen LogP contribution < -0.4 is 20.1 Å². The first-order valence-electron chi connectivity index (χ1n) is 9.98. The second kappa shape index (κ2) is 6.77. The third-order valence-electron chi connectivity index (χ3n) is 6.30. The maximum Gasteiger partial charge on any atom is 0.271 e. The van der Waals surface area contributed by atoms with Crippen LogP contribution in [0.5, 0.6) is 0 Å². The normalized spacial score (nSPS) is 31.0. The van der Waals surface area contributed by atoms with Crippen LogP contribution in [-0.4, -0.2) is 56.2 Å². The van der Waals surface area contributed by atoms with Gasteiger partial charge in [-0.15, -0.1) is 0 Å². The van der Waals surface area contributed by atoms with E-state index < -0.39 is 0 Å². The molecule has 7 nitrogen and oxygen atoms in total. The second-order valence-corrected chi connectivity index (χ2v) is 8.59. The number of carbonyl (C=O) groups is 1. The highest BCUT2D eigenvalue weighted by Crippen LogP contribution is 2.23. The lowest BCUT2D eigenvalue weighted by Gasteiger charge is -2.52. The molecule has 4 fully saturated rings. The van der Waals surface area contributed by atoms with Gasteiger partial charge in [-0.3, -0.25) is 9.78 Å². The molecule has 5 heterocycles. The van der Waals surface area contributed by atoms with Crippen molar-refractivity contribution in [3.8, 4) is 0 Å². The fourth-order valence-corrected chi connectivity index (χ4v) is 5.37. The summed E-state index contributed by atoms with van der Waals surface area (Å²) in [6.45, 7) is 8.99. The van der Waals surface area contributed by atoms with Crippen LogP contribution in [0.15, 0.2) is 53.9 Å². The number of amides is 1. The first kappa shape index (κ1) is 17.5. The topological polar surface area (TPSA) is 67.7 Å². The molecule has 4 bridgehead atoms. The van der Waals surface area contributed by atoms with E-state index in [0.717, 1.165) is 30.9 Å². The highest BCUT2D eigenvalue weighted by Gasteiger charge is 2.60. The van der Waals surface area contributed by atoms with E-state index in [1.165, 1.54) is 25.6 Å². The summed E-state index contributed by atoms with van der Waals surface area (Å²) in [5.41, 5.74) is 6.79. The van der Waals surface area contributed by atoms with Crippen molar-refractivity contribution in [3.05, 3.63) is 65.5 Å². The number of pyridine rings is 1. The van der Waals surface area contributed by atoms with Crippen LogP contribution in [-0.2, 0) is 0 Å². The van der Waals surface area contributed by atoms with Gasteiger partial charge in [0, 0.05) is 18.0 Å². The molecule has 6 rings (SSSR count). The Bertz CT molecular complexity index is 873. The zero-order chi connectivity index (χ0) is 19.1. The zero-order valence-electron chi connectivity index (χ0n) is 16.2. The Hall–Kier alpha value is -2.61. The van der Waals surface area contributed by atoms with Crippen LogP contribution in [0.2, 0.25) is 0 Å². The summed E-state index contributed by atoms with van der Waals surface area (Å²) in [7, 11) is 0. The third-order valence-corrected chi connectivity index (χ3v) is 6.30. The minimum absolute atomic E-state index is 0.00946. The van der Waals surface area contributed by atoms with E-state index in [1.54, 1.807) is 39.2 Å². The number of nitrogens with one attached hydrogen (secondary N) is 4. The third kappa shape index (κ3) is 3.11. The average molecular weight is 379 g/mol. The number of hydrogen-bond donors (Lipinski definition) is 4. The van der Waals surface area contributed by atoms with E-state index in [1.807, 2.05) is 0 Å². The van der Waals surface area contributed by atoms with Gasteiger partial charge in [-0.1, -0.05) is 29.8 Å². The number of hydrazone groups is 1. The van der Waals surface area contributed by atoms with Gasteiger partial charge in [0.05, 0.1) is 5.71 Å². The number of nitrogens with zero attached hydrogens (tertiary/aromatic N) is 2. The van der Waals surface area contributed by atoms with Crippen LogP contribution in [0.3, 0.4) is 0 Å². The minimum atomic E-state index is -0.190. The Morgan fingerprint density at radius 1 is 0.929 bits per heavy atom. The maximum absolute atomic E-state index is 12.6. The number of benzene rings is 1. The van der Waals surface area contributed by atoms with Crippen LogP contribution >= 0.6 is 0 Å². The minimum Gasteiger partial charge on any atom is -0.267 e. The number of carbonyl (C=O) groups excluding carboxylic acids is 1. The average Bonchev–Trinajstić information content (AvgIpc) is 2.69. The van der Waals surface area contributed by atoms with E-state index >= 15 is 0 Å². The summed E-state index contributed by atoms with van der Waals surface area (Å²) in [6.07, 6.45) is 3.25. The van der Waals surface area contributed by atoms with Crippen molar-refractivity contribution in [2.45, 2.75) is 6.92 Å². The summed E-state index contributed by atoms with van der Waals surface area (Å²) in [5, 5.41) is 4.75. The Morgan fingerprint density at radius 3 is 2.07 bits per heavy atom. The molecule has 1 amide bonds. The summed E-state index contributed by atoms with van der Waals surface area (Å²) >= 11 is 0. The van der Waals surface area contributed by atoms with Gasteiger partial charge in [-0.25, -0.2) is 20.1 Å². The Labute approximate surface area is 164 Å². The molecule has 0 unspecified atom stereocenters. The van der Waals surface area contributed by atoms with Crippen LogP contribution in [0.25, 0.3) is 0 Å². The van der Waals surface area contributed by atoms with Crippen molar-refractivity contribution in [3.63, 3.8) is 0 Å². The Balaban J connectivity index is 1.50. The summed E-state index contributed by atoms with van der Waals surface area (Å²) < 4.78 is 0. The molecule has 1 aromatic carbocycles. The van der Waals surface area contributed by atoms with E-state index in [9.17, 15) is 4.79 Å². The maximum atomic E-state index is 12.6. The van der Waals surface area contributed by atoms with E-state index in [2.05, 4.69) is 41.6 Å². The first-order valence-corrected chi connectivity index (χ1v) is 9.98. The smallest absolute Gasteiger partial charge is 0.267 e. The van der Waals surface area contributed by atoms with Crippen LogP contribution in [0.1, 0.15) is 21.5 Å². The van der Waals surface area contributed by atoms with Gasteiger partial charge in [0.15, 0.2) is 5.41 Å². The number of aryl methyl sites for hydroxylation is 1. The molecule has 1 aromatic heterocycles. The molecule has 0 spiro atoms. The van der Waals surface area contributed by atoms with Gasteiger partial charge in [-0.05, 0) is 24.6 Å². The van der Waals surface area contributed by atoms with Crippen LogP contribution in [0.4, 0.5) is 0 Å². The molecule has 0 atom stereocenters. The quantitative estimate of drug-likeness (QED) is 0.340. The van der Waals surface area contributed by atoms with Gasteiger partial charge in [-0.2, -0.15) is 5.10 Å². The van der Waals surface area contributed by atoms with Gasteiger partial charge in [0.1, 0.15) is 19.6 Å². The lowest BCUT2D eigenvalue weighted by molar-refractivity contribution is -1.30. The Kier molecular flexibility index (Phi) is 4.23. The molecule has 144 valence electrons. The van der Waals surface area contributed by atoms with Gasteiger partial charge in [0.25, 0.3) is 5.91 Å². The molecular formula is C21H27N6O+3. The van der Waals surface area contributed by atoms with Crippen molar-refractivity contribution in [1.82, 2.24) is 10.4 Å². The first-order chi connectivity index (χ1) is 13.6. The molecule has 7 heteroatoms. The van der Waals surface area contributed by atoms with Gasteiger partial charge >= 0.3 is 0 Å². The predicted octanol–water partition coefficient (Wildman–Crippen LogP) is -2.92. The molecule has 4 saturated heterocycles. The van der Waals surface area contributed by atoms with E-state index in [4.69, 9.17) is 5.10 Å². The summed E-state index contributed by atoms with van der Waals surface area (Å²) in [6, 6.07) is 12.0. The fourth-order valence-electron chi connectivity index (χ4n) is 5.37. The number of aromatic nitrogens is 1. The van der Waals surface area contributed by atoms with Crippen molar-refractivity contribution >= 4 is 11.6 Å². The molecule has 4 N–H and O–H groups in total. The standard InChI is InChI=1S/C21H24N6O/c1-16-2-4-17(5-3-16)19(23-24-20(28)18-6-8-22-9-7-18)21-10-25-13-26(11-21)15-27(12-21)14-25/h2-9H,10-15H2,1H3,(H,24,28)/p+3. The number of rotatable bonds is 4. The zero-order valence-corrected chi connectivity index (χ0v) is 16.2. The molecule has 0 aliphatic carbocycles. The van der Waals surface area contributed by atoms with Crippen molar-refractivity contribution in [1.29, 1.82) is 0 Å². The second-order valence-electron chi connectivity index (χ2n) is 8.59. The van der Waals surface area contributed by atoms with Crippen LogP contribution in [0, 0.1) is 12.3 Å². The van der Waals surface area contributed by atoms with Crippen molar-refractivity contribution in [2.24, 2.45) is 10.5 Å². The highest BCUT2D eigenvalue weighted by molar-refractivity contribution is 6.06. The van der Waals surface area contributed by atoms with Crippen molar-refractivity contribution in [2.75, 3.05) is 39.6 Å². The number of hydrogen-bond acceptors (Lipinski definition) is 3. The Morgan fingerprint density at radius 2 is 1.50 bits per heavy atom. The largest absolute Gasteiger partial charge is 0.271 e. The molecule has 0 radical (unpaired) electrons. The summed E-state index contributed by atoms with van der Waals surface area (Å²) in [4.78, 5) is 21.5. The van der Waals surface area contributed by atoms with E-state index in [0.29, 0.717) is 5.56 Å². The van der Waals surface area contributed by atoms with Gasteiger partial charge < -0.3 is 0 Å². The van der Waals surface area contributed by atoms with E-state index in [-0.39, 0.29) is 11.3 Å². The SMILES string of the molecule is Cc1ccc(C(=NNC(=O)c2ccncc2)C23C[NH+]4C[NH+](C[NH+](C4)C2)C3)cc1. The van der Waals surface area contributed by atoms with Crippen molar-refractivity contribution < 1.29 is 19.5 Å². The molecular weight excluding hydrogens is 352 g/mol. The molecule has 4 aliphatic rings. The lowest BCUT2D eigenvalue weighted by Crippen LogP contribution is -3.56. The molecule has 0 saturated carbocycles. The summed E-state index contributed by atoms with van der Waals surface area (Å²) in [5.74, 6) is -0.190. The fraction of sp³-hybridized carbons (Fsp3) is 0.381. The molecule has 28 heavy (non-hydrogen) atoms. The molecule has 4 aliphatic heterocycles. The van der Waals surface area contributed by atoms with Gasteiger partial charge in [0.2, 0.25) is 20.0 Å². The predicted molar refractivity (Wildman–Crippen MR) is 104 cm³/mol. The molecule has 2 aromatic rings. The lowest BCUT2D eigenvalue weighted by atomic mass is 9.74. The highest BCUT2D eigenvalue weighted by atomic mass is 16.2. The number of quaternary nitrogens is 3.